The zero-order valence-corrected chi connectivity index (χ0v) is 16.8. The van der Waals surface area contributed by atoms with E-state index in [9.17, 15) is 14.0 Å². The summed E-state index contributed by atoms with van der Waals surface area (Å²) in [6.45, 7) is 2.56. The number of carbonyl (C=O) groups excluding carboxylic acids is 2. The molecule has 0 unspecified atom stereocenters. The summed E-state index contributed by atoms with van der Waals surface area (Å²) < 4.78 is 13.1. The third-order valence-corrected chi connectivity index (χ3v) is 5.50. The molecule has 1 saturated heterocycles. The van der Waals surface area contributed by atoms with Gasteiger partial charge in [-0.05, 0) is 30.3 Å². The van der Waals surface area contributed by atoms with Crippen molar-refractivity contribution in [3.63, 3.8) is 0 Å². The van der Waals surface area contributed by atoms with Crippen molar-refractivity contribution in [2.75, 3.05) is 36.4 Å². The number of nitrogens with zero attached hydrogens (tertiary/aromatic N) is 5. The Balaban J connectivity index is 1.28. The predicted octanol–water partition coefficient (Wildman–Crippen LogP) is 2.22. The molecule has 10 heteroatoms. The molecule has 0 aliphatic carbocycles. The Labute approximate surface area is 176 Å². The van der Waals surface area contributed by atoms with Crippen molar-refractivity contribution < 1.29 is 14.0 Å². The summed E-state index contributed by atoms with van der Waals surface area (Å²) in [5, 5.41) is 4.80. The number of aromatic nitrogens is 3. The van der Waals surface area contributed by atoms with Crippen molar-refractivity contribution in [2.24, 2.45) is 0 Å². The van der Waals surface area contributed by atoms with Gasteiger partial charge in [0, 0.05) is 49.6 Å². The van der Waals surface area contributed by atoms with Gasteiger partial charge in [0.15, 0.2) is 5.13 Å². The van der Waals surface area contributed by atoms with Crippen LogP contribution in [0.5, 0.6) is 0 Å². The average Bonchev–Trinajstić information content (AvgIpc) is 3.21. The van der Waals surface area contributed by atoms with E-state index in [4.69, 9.17) is 0 Å². The number of hydrogen-bond acceptors (Lipinski definition) is 7. The lowest BCUT2D eigenvalue weighted by atomic mass is 10.2. The molecule has 2 aromatic heterocycles. The van der Waals surface area contributed by atoms with E-state index in [1.165, 1.54) is 35.9 Å². The van der Waals surface area contributed by atoms with E-state index in [1.54, 1.807) is 28.5 Å². The summed E-state index contributed by atoms with van der Waals surface area (Å²) >= 11 is 1.25. The first-order valence-corrected chi connectivity index (χ1v) is 10.3. The molecule has 154 valence electrons. The number of rotatable bonds is 5. The Hall–Kier alpha value is -3.40. The molecule has 0 saturated carbocycles. The number of piperazine rings is 1. The molecule has 1 N–H and O–H groups in total. The van der Waals surface area contributed by atoms with Gasteiger partial charge < -0.3 is 9.80 Å². The highest BCUT2D eigenvalue weighted by atomic mass is 32.1. The molecule has 0 atom stereocenters. The van der Waals surface area contributed by atoms with E-state index in [2.05, 4.69) is 25.2 Å². The highest BCUT2D eigenvalue weighted by Gasteiger charge is 2.22. The van der Waals surface area contributed by atoms with Gasteiger partial charge in [0.25, 0.3) is 5.91 Å². The minimum absolute atomic E-state index is 0.0108. The van der Waals surface area contributed by atoms with Crippen molar-refractivity contribution >= 4 is 34.0 Å². The van der Waals surface area contributed by atoms with E-state index in [0.717, 1.165) is 5.69 Å². The SMILES string of the molecule is O=C(Nc1nc(CC(=O)N2CCN(c3ccc(F)cc3)CC2)cs1)c1ncccn1. The van der Waals surface area contributed by atoms with Crippen LogP contribution in [0.1, 0.15) is 16.3 Å². The van der Waals surface area contributed by atoms with Gasteiger partial charge in [0.1, 0.15) is 5.82 Å². The molecule has 30 heavy (non-hydrogen) atoms. The standard InChI is InChI=1S/C20H19FN6O2S/c21-14-2-4-16(5-3-14)26-8-10-27(11-9-26)17(28)12-15-13-30-20(24-15)25-19(29)18-22-6-1-7-23-18/h1-7,13H,8-12H2,(H,24,25,29). The van der Waals surface area contributed by atoms with Gasteiger partial charge in [-0.3, -0.25) is 14.9 Å². The molecule has 3 aromatic rings. The molecule has 4 rings (SSSR count). The first kappa shape index (κ1) is 19.9. The van der Waals surface area contributed by atoms with Crippen molar-refractivity contribution in [1.29, 1.82) is 0 Å². The summed E-state index contributed by atoms with van der Waals surface area (Å²) in [6.07, 6.45) is 3.15. The van der Waals surface area contributed by atoms with Gasteiger partial charge in [-0.25, -0.2) is 19.3 Å². The van der Waals surface area contributed by atoms with Crippen LogP contribution >= 0.6 is 11.3 Å². The fourth-order valence-electron chi connectivity index (χ4n) is 3.15. The molecule has 1 fully saturated rings. The molecule has 1 aliphatic rings. The highest BCUT2D eigenvalue weighted by molar-refractivity contribution is 7.14. The fraction of sp³-hybridized carbons (Fsp3) is 0.250. The third-order valence-electron chi connectivity index (χ3n) is 4.70. The van der Waals surface area contributed by atoms with Crippen LogP contribution in [0.15, 0.2) is 48.1 Å². The molecule has 3 heterocycles. The second-order valence-electron chi connectivity index (χ2n) is 6.69. The van der Waals surface area contributed by atoms with E-state index >= 15 is 0 Å². The van der Waals surface area contributed by atoms with Crippen LogP contribution in [0.25, 0.3) is 0 Å². The maximum absolute atomic E-state index is 13.1. The third kappa shape index (κ3) is 4.77. The normalized spacial score (nSPS) is 13.9. The lowest BCUT2D eigenvalue weighted by Crippen LogP contribution is -2.49. The lowest BCUT2D eigenvalue weighted by Gasteiger charge is -2.36. The molecule has 1 aromatic carbocycles. The maximum atomic E-state index is 13.1. The van der Waals surface area contributed by atoms with Crippen molar-refractivity contribution in [2.45, 2.75) is 6.42 Å². The van der Waals surface area contributed by atoms with Gasteiger partial charge in [0.05, 0.1) is 12.1 Å². The highest BCUT2D eigenvalue weighted by Crippen LogP contribution is 2.19. The van der Waals surface area contributed by atoms with Crippen LogP contribution < -0.4 is 10.2 Å². The molecule has 8 nitrogen and oxygen atoms in total. The first-order chi connectivity index (χ1) is 14.6. The number of hydrogen-bond donors (Lipinski definition) is 1. The van der Waals surface area contributed by atoms with Crippen LogP contribution in [0.3, 0.4) is 0 Å². The molecule has 1 aliphatic heterocycles. The van der Waals surface area contributed by atoms with E-state index in [1.807, 2.05) is 0 Å². The number of halogens is 1. The van der Waals surface area contributed by atoms with Crippen LogP contribution in [0.4, 0.5) is 15.2 Å². The van der Waals surface area contributed by atoms with Gasteiger partial charge in [-0.2, -0.15) is 0 Å². The predicted molar refractivity (Wildman–Crippen MR) is 111 cm³/mol. The van der Waals surface area contributed by atoms with E-state index in [-0.39, 0.29) is 24.0 Å². The summed E-state index contributed by atoms with van der Waals surface area (Å²) in [7, 11) is 0. The number of benzene rings is 1. The molecule has 0 radical (unpaired) electrons. The van der Waals surface area contributed by atoms with Crippen LogP contribution in [0, 0.1) is 5.82 Å². The zero-order chi connectivity index (χ0) is 20.9. The molecule has 2 amide bonds. The number of amides is 2. The largest absolute Gasteiger partial charge is 0.368 e. The topological polar surface area (TPSA) is 91.3 Å². The fourth-order valence-corrected chi connectivity index (χ4v) is 3.85. The first-order valence-electron chi connectivity index (χ1n) is 9.39. The second-order valence-corrected chi connectivity index (χ2v) is 7.55. The second kappa shape index (κ2) is 8.95. The van der Waals surface area contributed by atoms with Gasteiger partial charge in [0.2, 0.25) is 11.7 Å². The number of anilines is 2. The monoisotopic (exact) mass is 426 g/mol. The Kier molecular flexibility index (Phi) is 5.94. The number of carbonyl (C=O) groups is 2. The van der Waals surface area contributed by atoms with E-state index in [0.29, 0.717) is 37.0 Å². The summed E-state index contributed by atoms with van der Waals surface area (Å²) in [5.74, 6) is -0.657. The Morgan fingerprint density at radius 1 is 1.07 bits per heavy atom. The minimum Gasteiger partial charge on any atom is -0.368 e. The molecular formula is C20H19FN6O2S. The molecular weight excluding hydrogens is 407 g/mol. The number of thiazole rings is 1. The Bertz CT molecular complexity index is 1020. The van der Waals surface area contributed by atoms with Gasteiger partial charge in [-0.1, -0.05) is 0 Å². The van der Waals surface area contributed by atoms with Crippen LogP contribution in [0.2, 0.25) is 0 Å². The zero-order valence-electron chi connectivity index (χ0n) is 16.0. The smallest absolute Gasteiger partial charge is 0.295 e. The Morgan fingerprint density at radius 3 is 2.47 bits per heavy atom. The summed E-state index contributed by atoms with van der Waals surface area (Å²) in [6, 6.07) is 8.00. The van der Waals surface area contributed by atoms with Crippen LogP contribution in [-0.4, -0.2) is 57.8 Å². The van der Waals surface area contributed by atoms with Crippen LogP contribution in [-0.2, 0) is 11.2 Å². The quantitative estimate of drug-likeness (QED) is 0.673. The van der Waals surface area contributed by atoms with Crippen molar-refractivity contribution in [3.8, 4) is 0 Å². The van der Waals surface area contributed by atoms with Crippen molar-refractivity contribution in [1.82, 2.24) is 19.9 Å². The lowest BCUT2D eigenvalue weighted by molar-refractivity contribution is -0.130. The van der Waals surface area contributed by atoms with E-state index < -0.39 is 5.91 Å². The Morgan fingerprint density at radius 2 is 1.77 bits per heavy atom. The minimum atomic E-state index is -0.445. The average molecular weight is 426 g/mol. The molecule has 0 bridgehead atoms. The number of nitrogens with one attached hydrogen (secondary N) is 1. The molecule has 0 spiro atoms. The van der Waals surface area contributed by atoms with Gasteiger partial charge in [-0.15, -0.1) is 11.3 Å². The van der Waals surface area contributed by atoms with Gasteiger partial charge >= 0.3 is 0 Å². The van der Waals surface area contributed by atoms with Crippen molar-refractivity contribution in [3.05, 3.63) is 65.4 Å². The maximum Gasteiger partial charge on any atom is 0.295 e. The summed E-state index contributed by atoms with van der Waals surface area (Å²) in [4.78, 5) is 40.8. The summed E-state index contributed by atoms with van der Waals surface area (Å²) in [5.41, 5.74) is 1.56.